The zero-order chi connectivity index (χ0) is 71.3. The van der Waals surface area contributed by atoms with Crippen LogP contribution >= 0.6 is 0 Å². The van der Waals surface area contributed by atoms with E-state index in [1.54, 1.807) is 0 Å². The Labute approximate surface area is 589 Å². The van der Waals surface area contributed by atoms with Crippen LogP contribution in [0.25, 0.3) is 116 Å². The lowest BCUT2D eigenvalue weighted by atomic mass is 9.76. The standard InChI is InChI=1S/C93H104N6/c1-54-44-62(93(23,24)25)52-70-69-51-61(92(20,21)22)35-42-79(69)99(81(54)70)83-71(53-94)82(96-73-36-29-55(86(2,3)4)45-63(73)64-46-56(87(5,6)7)30-37-74(64)96)84(97-75-38-31-57(88(8,9)10)47-65(75)66-48-58(89(11,12)13)32-39-76(66)97)80(72-28-26-27-43-95-72)85(83)98-77-40-33-59(90(14,15)16)49-67(77)68-50-60(91(17,18)19)34-41-78(68)98/h26-43,45-52,54H,44H2,1-25H3. The first-order valence-corrected chi connectivity index (χ1v) is 36.3. The van der Waals surface area contributed by atoms with Crippen molar-refractivity contribution in [3.8, 4) is 40.1 Å². The number of nitrogens with zero attached hydrogens (tertiary/aromatic N) is 6. The molecule has 1 unspecified atom stereocenters. The van der Waals surface area contributed by atoms with Gasteiger partial charge in [0.1, 0.15) is 11.6 Å². The summed E-state index contributed by atoms with van der Waals surface area (Å²) in [5, 5.41) is 21.9. The minimum atomic E-state index is -0.155. The zero-order valence-electron chi connectivity index (χ0n) is 64.0. The lowest BCUT2D eigenvalue weighted by Crippen LogP contribution is -2.20. The minimum Gasteiger partial charge on any atom is -0.309 e. The van der Waals surface area contributed by atoms with Gasteiger partial charge >= 0.3 is 0 Å². The van der Waals surface area contributed by atoms with Crippen molar-refractivity contribution in [1.82, 2.24) is 23.3 Å². The van der Waals surface area contributed by atoms with E-state index >= 15 is 0 Å². The van der Waals surface area contributed by atoms with Crippen LogP contribution in [0.3, 0.4) is 0 Å². The van der Waals surface area contributed by atoms with Crippen LogP contribution in [0, 0.1) is 16.7 Å². The van der Waals surface area contributed by atoms with Gasteiger partial charge in [-0.15, -0.1) is 0 Å². The fourth-order valence-corrected chi connectivity index (χ4v) is 15.9. The zero-order valence-corrected chi connectivity index (χ0v) is 64.0. The molecule has 5 aromatic heterocycles. The van der Waals surface area contributed by atoms with Crippen molar-refractivity contribution in [2.75, 3.05) is 0 Å². The van der Waals surface area contributed by atoms with Gasteiger partial charge in [0.2, 0.25) is 0 Å². The molecule has 1 aliphatic rings. The quantitative estimate of drug-likeness (QED) is 0.172. The Kier molecular flexibility index (Phi) is 15.1. The number of nitriles is 1. The molecule has 13 aromatic rings. The predicted molar refractivity (Wildman–Crippen MR) is 426 cm³/mol. The monoisotopic (exact) mass is 1300 g/mol. The highest BCUT2D eigenvalue weighted by atomic mass is 15.1. The molecule has 14 rings (SSSR count). The van der Waals surface area contributed by atoms with Gasteiger partial charge in [-0.05, 0) is 186 Å². The van der Waals surface area contributed by atoms with E-state index in [-0.39, 0.29) is 49.2 Å². The van der Waals surface area contributed by atoms with Gasteiger partial charge in [-0.3, -0.25) is 4.98 Å². The van der Waals surface area contributed by atoms with E-state index in [9.17, 15) is 5.26 Å². The second-order valence-electron chi connectivity index (χ2n) is 37.5. The highest BCUT2D eigenvalue weighted by Gasteiger charge is 2.40. The first kappa shape index (κ1) is 67.3. The van der Waals surface area contributed by atoms with Crippen molar-refractivity contribution < 1.29 is 0 Å². The molecule has 0 amide bonds. The van der Waals surface area contributed by atoms with E-state index in [2.05, 4.69) is 349 Å². The maximum Gasteiger partial charge on any atom is 0.104 e. The number of hydrogen-bond donors (Lipinski definition) is 0. The Morgan fingerprint density at radius 3 is 0.899 bits per heavy atom. The van der Waals surface area contributed by atoms with Crippen LogP contribution in [0.15, 0.2) is 157 Å². The fraction of sp³-hybridized carbons (Fsp3) is 0.376. The Hall–Kier alpha value is -8.92. The summed E-state index contributed by atoms with van der Waals surface area (Å²) in [6.45, 7) is 58.3. The van der Waals surface area contributed by atoms with Crippen molar-refractivity contribution >= 4 is 82.4 Å². The average Bonchev–Trinajstić information content (AvgIpc) is 1.56. The maximum absolute atomic E-state index is 13.7. The summed E-state index contributed by atoms with van der Waals surface area (Å²) in [5.74, 6) is 0.0404. The first-order chi connectivity index (χ1) is 46.0. The Morgan fingerprint density at radius 2 is 0.626 bits per heavy atom. The highest BCUT2D eigenvalue weighted by Crippen LogP contribution is 2.55. The van der Waals surface area contributed by atoms with E-state index in [0.717, 1.165) is 101 Å². The number of hydrogen-bond acceptors (Lipinski definition) is 2. The number of pyridine rings is 1. The molecule has 0 saturated carbocycles. The molecule has 8 aromatic carbocycles. The summed E-state index contributed by atoms with van der Waals surface area (Å²) in [7, 11) is 0. The summed E-state index contributed by atoms with van der Waals surface area (Å²) >= 11 is 0. The van der Waals surface area contributed by atoms with Gasteiger partial charge in [0.25, 0.3) is 0 Å². The van der Waals surface area contributed by atoms with Gasteiger partial charge in [-0.1, -0.05) is 233 Å². The van der Waals surface area contributed by atoms with E-state index in [0.29, 0.717) is 5.56 Å². The van der Waals surface area contributed by atoms with Gasteiger partial charge in [0.05, 0.1) is 72.6 Å². The molecule has 1 aliphatic carbocycles. The molecule has 0 N–H and O–H groups in total. The van der Waals surface area contributed by atoms with Gasteiger partial charge in [0.15, 0.2) is 0 Å². The van der Waals surface area contributed by atoms with Crippen molar-refractivity contribution in [2.45, 2.75) is 223 Å². The molecule has 506 valence electrons. The Balaban J connectivity index is 1.36. The van der Waals surface area contributed by atoms with E-state index in [1.165, 1.54) is 71.9 Å². The van der Waals surface area contributed by atoms with Crippen LogP contribution in [0.2, 0.25) is 0 Å². The van der Waals surface area contributed by atoms with E-state index in [4.69, 9.17) is 4.98 Å². The number of allylic oxidation sites excluding steroid dienone is 1. The van der Waals surface area contributed by atoms with Crippen LogP contribution < -0.4 is 0 Å². The molecular weight excluding hydrogens is 1200 g/mol. The Morgan fingerprint density at radius 1 is 0.343 bits per heavy atom. The van der Waals surface area contributed by atoms with Crippen molar-refractivity contribution in [2.24, 2.45) is 5.41 Å². The molecule has 0 radical (unpaired) electrons. The molecule has 0 aliphatic heterocycles. The molecule has 0 fully saturated rings. The molecular formula is C93H104N6. The molecule has 6 heteroatoms. The van der Waals surface area contributed by atoms with E-state index in [1.807, 2.05) is 6.20 Å². The maximum atomic E-state index is 13.7. The van der Waals surface area contributed by atoms with Crippen LogP contribution in [-0.2, 0) is 37.9 Å². The third-order valence-electron chi connectivity index (χ3n) is 22.0. The summed E-state index contributed by atoms with van der Waals surface area (Å²) in [5.41, 5.74) is 24.5. The van der Waals surface area contributed by atoms with Crippen LogP contribution in [-0.4, -0.2) is 23.3 Å². The molecule has 0 saturated heterocycles. The number of fused-ring (bicyclic) bond motifs is 12. The van der Waals surface area contributed by atoms with Gasteiger partial charge < -0.3 is 18.3 Å². The van der Waals surface area contributed by atoms with E-state index < -0.39 is 0 Å². The molecule has 0 bridgehead atoms. The summed E-state index contributed by atoms with van der Waals surface area (Å²) < 4.78 is 10.2. The normalized spacial score (nSPS) is 14.8. The van der Waals surface area contributed by atoms with Gasteiger partial charge in [-0.2, -0.15) is 5.26 Å². The molecule has 99 heavy (non-hydrogen) atoms. The van der Waals surface area contributed by atoms with Crippen LogP contribution in [0.1, 0.15) is 241 Å². The SMILES string of the molecule is CC1CC(C(C)(C)C)=Cc2c1n(-c1c(C#N)c(-n3c4ccc(C(C)(C)C)cc4c4cc(C(C)(C)C)ccc43)c(-n3c4ccc(C(C)(C)C)cc4c4cc(C(C)(C)C)ccc43)c(-c3ccccn3)c1-n1c3ccc(C(C)(C)C)cc3c3cc(C(C)(C)C)ccc31)c1ccc(C(C)(C)C)cc21. The predicted octanol–water partition coefficient (Wildman–Crippen LogP) is 25.9. The molecule has 5 heterocycles. The minimum absolute atomic E-state index is 0.0404. The van der Waals surface area contributed by atoms with Crippen LogP contribution in [0.4, 0.5) is 0 Å². The van der Waals surface area contributed by atoms with Gasteiger partial charge in [0, 0.05) is 61.1 Å². The average molecular weight is 1310 g/mol. The highest BCUT2D eigenvalue weighted by molar-refractivity contribution is 6.16. The van der Waals surface area contributed by atoms with Crippen molar-refractivity contribution in [3.05, 3.63) is 213 Å². The topological polar surface area (TPSA) is 56.4 Å². The second-order valence-corrected chi connectivity index (χ2v) is 37.5. The Bertz CT molecular complexity index is 5380. The van der Waals surface area contributed by atoms with Crippen molar-refractivity contribution in [3.63, 3.8) is 0 Å². The number of rotatable bonds is 5. The largest absolute Gasteiger partial charge is 0.309 e. The van der Waals surface area contributed by atoms with Gasteiger partial charge in [-0.25, -0.2) is 0 Å². The molecule has 0 spiro atoms. The fourth-order valence-electron chi connectivity index (χ4n) is 15.9. The summed E-state index contributed by atoms with van der Waals surface area (Å²) in [6, 6.07) is 60.0. The lowest BCUT2D eigenvalue weighted by molar-refractivity contribution is 0.467. The smallest absolute Gasteiger partial charge is 0.104 e. The number of aromatic nitrogens is 5. The van der Waals surface area contributed by atoms with Crippen molar-refractivity contribution in [1.29, 1.82) is 5.26 Å². The summed E-state index contributed by atoms with van der Waals surface area (Å²) in [4.78, 5) is 5.70. The second kappa shape index (κ2) is 22.3. The number of benzene rings is 8. The third kappa shape index (κ3) is 11.0. The lowest BCUT2D eigenvalue weighted by Gasteiger charge is -2.32. The first-order valence-electron chi connectivity index (χ1n) is 36.3. The van der Waals surface area contributed by atoms with Crippen LogP contribution in [0.5, 0.6) is 0 Å². The molecule has 1 atom stereocenters. The molecule has 6 nitrogen and oxygen atoms in total. The summed E-state index contributed by atoms with van der Waals surface area (Å²) in [6.07, 6.45) is 5.37. The third-order valence-corrected chi connectivity index (χ3v) is 22.0.